The van der Waals surface area contributed by atoms with Crippen LogP contribution in [0.5, 0.6) is 0 Å². The number of halogens is 1. The highest BCUT2D eigenvalue weighted by molar-refractivity contribution is 6.30. The summed E-state index contributed by atoms with van der Waals surface area (Å²) in [6.45, 7) is 1.92. The summed E-state index contributed by atoms with van der Waals surface area (Å²) < 4.78 is 5.33. The Labute approximate surface area is 111 Å². The molecule has 1 saturated carbocycles. The van der Waals surface area contributed by atoms with Crippen LogP contribution in [0.2, 0.25) is 5.02 Å². The number of carbonyl (C=O) groups excluding carboxylic acids is 2. The molecular weight excluding hydrogens is 252 g/mol. The van der Waals surface area contributed by atoms with Gasteiger partial charge in [0.2, 0.25) is 0 Å². The molecule has 0 N–H and O–H groups in total. The van der Waals surface area contributed by atoms with Gasteiger partial charge in [0, 0.05) is 17.4 Å². The maximum Gasteiger partial charge on any atom is 0.338 e. The van der Waals surface area contributed by atoms with Gasteiger partial charge in [-0.05, 0) is 37.1 Å². The lowest BCUT2D eigenvalue weighted by molar-refractivity contribution is -0.127. The standard InChI is InChI=1S/C14H15ClO3/c1-9-2-7-12(8-13(9)16)18-14(17)10-3-5-11(15)6-4-10/h3-6,9,12H,2,7-8H2,1H3/t9-,12-/m0/s1. The van der Waals surface area contributed by atoms with Crippen molar-refractivity contribution in [3.63, 3.8) is 0 Å². The Bertz CT molecular complexity index is 453. The first-order valence-corrected chi connectivity index (χ1v) is 6.43. The van der Waals surface area contributed by atoms with E-state index in [0.29, 0.717) is 17.0 Å². The van der Waals surface area contributed by atoms with Crippen LogP contribution in [0.1, 0.15) is 36.5 Å². The maximum atomic E-state index is 11.8. The third kappa shape index (κ3) is 3.10. The fourth-order valence-corrected chi connectivity index (χ4v) is 2.16. The summed E-state index contributed by atoms with van der Waals surface area (Å²) in [5.74, 6) is -0.121. The second kappa shape index (κ2) is 5.53. The zero-order valence-electron chi connectivity index (χ0n) is 10.2. The quantitative estimate of drug-likeness (QED) is 0.772. The monoisotopic (exact) mass is 266 g/mol. The van der Waals surface area contributed by atoms with E-state index >= 15 is 0 Å². The zero-order chi connectivity index (χ0) is 13.1. The molecule has 0 radical (unpaired) electrons. The van der Waals surface area contributed by atoms with E-state index in [4.69, 9.17) is 16.3 Å². The molecule has 96 valence electrons. The Morgan fingerprint density at radius 2 is 1.94 bits per heavy atom. The SMILES string of the molecule is C[C@H]1CC[C@H](OC(=O)c2ccc(Cl)cc2)CC1=O. The number of hydrogen-bond acceptors (Lipinski definition) is 3. The number of rotatable bonds is 2. The Hall–Kier alpha value is -1.35. The number of Topliss-reactive ketones (excluding diaryl/α,β-unsaturated/α-hetero) is 1. The molecule has 2 rings (SSSR count). The van der Waals surface area contributed by atoms with Crippen molar-refractivity contribution in [1.82, 2.24) is 0 Å². The minimum atomic E-state index is -0.390. The van der Waals surface area contributed by atoms with Crippen molar-refractivity contribution in [3.8, 4) is 0 Å². The van der Waals surface area contributed by atoms with Gasteiger partial charge in [0.15, 0.2) is 0 Å². The number of ether oxygens (including phenoxy) is 1. The van der Waals surface area contributed by atoms with Gasteiger partial charge in [-0.25, -0.2) is 4.79 Å². The van der Waals surface area contributed by atoms with E-state index in [-0.39, 0.29) is 23.8 Å². The van der Waals surface area contributed by atoms with Gasteiger partial charge in [-0.1, -0.05) is 18.5 Å². The van der Waals surface area contributed by atoms with Crippen molar-refractivity contribution in [2.75, 3.05) is 0 Å². The normalized spacial score (nSPS) is 23.8. The summed E-state index contributed by atoms with van der Waals surface area (Å²) in [6, 6.07) is 6.54. The number of carbonyl (C=O) groups is 2. The van der Waals surface area contributed by atoms with Gasteiger partial charge in [0.1, 0.15) is 11.9 Å². The van der Waals surface area contributed by atoms with Crippen molar-refractivity contribution in [1.29, 1.82) is 0 Å². The highest BCUT2D eigenvalue weighted by atomic mass is 35.5. The van der Waals surface area contributed by atoms with Crippen LogP contribution in [0.4, 0.5) is 0 Å². The van der Waals surface area contributed by atoms with Crippen molar-refractivity contribution in [2.45, 2.75) is 32.3 Å². The third-order valence-corrected chi connectivity index (χ3v) is 3.51. The topological polar surface area (TPSA) is 43.4 Å². The second-order valence-electron chi connectivity index (χ2n) is 4.68. The summed E-state index contributed by atoms with van der Waals surface area (Å²) in [7, 11) is 0. The molecule has 1 fully saturated rings. The van der Waals surface area contributed by atoms with Crippen molar-refractivity contribution >= 4 is 23.4 Å². The van der Waals surface area contributed by atoms with Gasteiger partial charge in [0.05, 0.1) is 5.56 Å². The van der Waals surface area contributed by atoms with E-state index in [1.165, 1.54) is 0 Å². The Kier molecular flexibility index (Phi) is 4.02. The summed E-state index contributed by atoms with van der Waals surface area (Å²) in [4.78, 5) is 23.4. The van der Waals surface area contributed by atoms with Gasteiger partial charge < -0.3 is 4.74 Å². The second-order valence-corrected chi connectivity index (χ2v) is 5.12. The first-order chi connectivity index (χ1) is 8.56. The van der Waals surface area contributed by atoms with Gasteiger partial charge >= 0.3 is 5.97 Å². The van der Waals surface area contributed by atoms with Gasteiger partial charge in [-0.3, -0.25) is 4.79 Å². The zero-order valence-corrected chi connectivity index (χ0v) is 10.9. The number of ketones is 1. The van der Waals surface area contributed by atoms with Crippen molar-refractivity contribution in [2.24, 2.45) is 5.92 Å². The van der Waals surface area contributed by atoms with Gasteiger partial charge in [0.25, 0.3) is 0 Å². The average Bonchev–Trinajstić information content (AvgIpc) is 2.34. The highest BCUT2D eigenvalue weighted by Gasteiger charge is 2.28. The first kappa shape index (κ1) is 13.1. The average molecular weight is 267 g/mol. The van der Waals surface area contributed by atoms with Crippen LogP contribution in [0, 0.1) is 5.92 Å². The van der Waals surface area contributed by atoms with Crippen LogP contribution in [0.15, 0.2) is 24.3 Å². The molecule has 4 heteroatoms. The predicted molar refractivity (Wildman–Crippen MR) is 68.7 cm³/mol. The summed E-state index contributed by atoms with van der Waals surface area (Å²) in [5, 5.41) is 0.577. The van der Waals surface area contributed by atoms with Crippen LogP contribution in [-0.4, -0.2) is 17.9 Å². The minimum absolute atomic E-state index is 0.0930. The molecule has 0 aliphatic heterocycles. The van der Waals surface area contributed by atoms with Crippen LogP contribution in [0.25, 0.3) is 0 Å². The molecule has 0 amide bonds. The molecule has 1 aromatic rings. The number of benzene rings is 1. The fraction of sp³-hybridized carbons (Fsp3) is 0.429. The molecule has 1 aliphatic carbocycles. The molecule has 0 heterocycles. The Balaban J connectivity index is 1.95. The summed E-state index contributed by atoms with van der Waals surface area (Å²) >= 11 is 5.75. The predicted octanol–water partition coefficient (Wildman–Crippen LogP) is 3.25. The summed E-state index contributed by atoms with van der Waals surface area (Å²) in [5.41, 5.74) is 0.463. The molecule has 1 aliphatic rings. The van der Waals surface area contributed by atoms with Crippen LogP contribution in [0.3, 0.4) is 0 Å². The van der Waals surface area contributed by atoms with Crippen LogP contribution >= 0.6 is 11.6 Å². The molecule has 1 aromatic carbocycles. The number of esters is 1. The summed E-state index contributed by atoms with van der Waals surface area (Å²) in [6.07, 6.45) is 1.60. The lowest BCUT2D eigenvalue weighted by atomic mass is 9.87. The van der Waals surface area contributed by atoms with Gasteiger partial charge in [-0.2, -0.15) is 0 Å². The van der Waals surface area contributed by atoms with E-state index in [9.17, 15) is 9.59 Å². The van der Waals surface area contributed by atoms with Crippen molar-refractivity contribution in [3.05, 3.63) is 34.9 Å². The van der Waals surface area contributed by atoms with Gasteiger partial charge in [-0.15, -0.1) is 0 Å². The van der Waals surface area contributed by atoms with E-state index in [1.807, 2.05) is 6.92 Å². The third-order valence-electron chi connectivity index (χ3n) is 3.25. The molecule has 0 spiro atoms. The largest absolute Gasteiger partial charge is 0.458 e. The lowest BCUT2D eigenvalue weighted by Crippen LogP contribution is -2.30. The van der Waals surface area contributed by atoms with Crippen LogP contribution in [-0.2, 0) is 9.53 Å². The molecular formula is C14H15ClO3. The Morgan fingerprint density at radius 1 is 1.28 bits per heavy atom. The van der Waals surface area contributed by atoms with Crippen molar-refractivity contribution < 1.29 is 14.3 Å². The molecule has 0 aromatic heterocycles. The maximum absolute atomic E-state index is 11.8. The van der Waals surface area contributed by atoms with E-state index in [0.717, 1.165) is 12.8 Å². The lowest BCUT2D eigenvalue weighted by Gasteiger charge is -2.25. The van der Waals surface area contributed by atoms with E-state index in [1.54, 1.807) is 24.3 Å². The van der Waals surface area contributed by atoms with Crippen LogP contribution < -0.4 is 0 Å². The fourth-order valence-electron chi connectivity index (χ4n) is 2.03. The Morgan fingerprint density at radius 3 is 2.56 bits per heavy atom. The highest BCUT2D eigenvalue weighted by Crippen LogP contribution is 2.23. The molecule has 0 saturated heterocycles. The smallest absolute Gasteiger partial charge is 0.338 e. The molecule has 3 nitrogen and oxygen atoms in total. The molecule has 0 bridgehead atoms. The molecule has 0 unspecified atom stereocenters. The minimum Gasteiger partial charge on any atom is -0.458 e. The van der Waals surface area contributed by atoms with E-state index < -0.39 is 0 Å². The molecule has 2 atom stereocenters. The van der Waals surface area contributed by atoms with E-state index in [2.05, 4.69) is 0 Å². The first-order valence-electron chi connectivity index (χ1n) is 6.05. The molecule has 18 heavy (non-hydrogen) atoms. The number of hydrogen-bond donors (Lipinski definition) is 0.